The van der Waals surface area contributed by atoms with E-state index in [4.69, 9.17) is 10.6 Å². The van der Waals surface area contributed by atoms with Gasteiger partial charge in [-0.25, -0.2) is 9.18 Å². The van der Waals surface area contributed by atoms with Crippen LogP contribution in [0.1, 0.15) is 12.5 Å². The number of anilines is 3. The smallest absolute Gasteiger partial charge is 0.350 e. The third kappa shape index (κ3) is 4.06. The van der Waals surface area contributed by atoms with Crippen LogP contribution in [-0.4, -0.2) is 22.8 Å². The molecule has 0 saturated heterocycles. The molecule has 0 unspecified atom stereocenters. The van der Waals surface area contributed by atoms with Crippen LogP contribution in [0, 0.1) is 12.7 Å². The van der Waals surface area contributed by atoms with E-state index in [9.17, 15) is 9.18 Å². The summed E-state index contributed by atoms with van der Waals surface area (Å²) in [4.78, 5) is 18.3. The molecule has 4 N–H and O–H groups in total. The Labute approximate surface area is 178 Å². The van der Waals surface area contributed by atoms with Gasteiger partial charge in [0.2, 0.25) is 0 Å². The summed E-state index contributed by atoms with van der Waals surface area (Å²) in [6.45, 7) is 3.85. The second-order valence-corrected chi connectivity index (χ2v) is 7.01. The molecule has 8 heteroatoms. The molecule has 3 aromatic carbocycles. The average Bonchev–Trinajstić information content (AvgIpc) is 3.16. The van der Waals surface area contributed by atoms with Crippen molar-refractivity contribution in [2.24, 2.45) is 0 Å². The van der Waals surface area contributed by atoms with Gasteiger partial charge in [-0.1, -0.05) is 30.3 Å². The number of nitrogen functional groups attached to an aromatic ring is 1. The maximum atomic E-state index is 14.1. The zero-order chi connectivity index (χ0) is 22.0. The lowest BCUT2D eigenvalue weighted by molar-refractivity contribution is 0.132. The summed E-state index contributed by atoms with van der Waals surface area (Å²) in [5, 5.41) is 11.5. The number of amides is 2. The number of nitrogens with zero attached hydrogens (tertiary/aromatic N) is 2. The first kappa shape index (κ1) is 20.4. The first-order chi connectivity index (χ1) is 15.0. The highest BCUT2D eigenvalue weighted by Gasteiger charge is 2.19. The third-order valence-corrected chi connectivity index (χ3v) is 4.84. The number of benzene rings is 3. The molecule has 158 valence electrons. The summed E-state index contributed by atoms with van der Waals surface area (Å²) in [7, 11) is 0. The van der Waals surface area contributed by atoms with Gasteiger partial charge >= 0.3 is 6.03 Å². The van der Waals surface area contributed by atoms with E-state index in [1.807, 2.05) is 37.3 Å². The number of aromatic amines is 1. The molecule has 0 spiro atoms. The van der Waals surface area contributed by atoms with Crippen molar-refractivity contribution in [3.63, 3.8) is 0 Å². The minimum atomic E-state index is -0.597. The fourth-order valence-corrected chi connectivity index (χ4v) is 3.40. The van der Waals surface area contributed by atoms with Crippen molar-refractivity contribution in [1.29, 1.82) is 0 Å². The number of hydrogen-bond acceptors (Lipinski definition) is 4. The van der Waals surface area contributed by atoms with Crippen molar-refractivity contribution < 1.29 is 14.0 Å². The fourth-order valence-electron chi connectivity index (χ4n) is 3.40. The molecule has 4 aromatic rings. The van der Waals surface area contributed by atoms with Crippen LogP contribution in [0.15, 0.2) is 60.7 Å². The average molecular weight is 419 g/mol. The molecule has 0 radical (unpaired) electrons. The van der Waals surface area contributed by atoms with Gasteiger partial charge in [-0.2, -0.15) is 10.2 Å². The van der Waals surface area contributed by atoms with Crippen LogP contribution in [0.25, 0.3) is 22.0 Å². The first-order valence-corrected chi connectivity index (χ1v) is 9.81. The van der Waals surface area contributed by atoms with Gasteiger partial charge in [0, 0.05) is 0 Å². The van der Waals surface area contributed by atoms with Crippen molar-refractivity contribution >= 4 is 34.1 Å². The number of H-pyrrole nitrogens is 1. The molecule has 2 amide bonds. The molecular formula is C23H22FN5O2. The molecule has 7 nitrogen and oxygen atoms in total. The van der Waals surface area contributed by atoms with Crippen molar-refractivity contribution in [1.82, 2.24) is 10.2 Å². The third-order valence-electron chi connectivity index (χ3n) is 4.84. The van der Waals surface area contributed by atoms with Crippen molar-refractivity contribution in [2.45, 2.75) is 13.8 Å². The zero-order valence-corrected chi connectivity index (χ0v) is 17.1. The number of carbonyl (C=O) groups is 1. The molecule has 0 atom stereocenters. The number of aromatic nitrogens is 2. The minimum Gasteiger partial charge on any atom is -0.382 e. The number of nitrogens with one attached hydrogen (secondary N) is 2. The lowest BCUT2D eigenvalue weighted by Crippen LogP contribution is -2.35. The van der Waals surface area contributed by atoms with E-state index >= 15 is 0 Å². The maximum Gasteiger partial charge on any atom is 0.350 e. The number of fused-ring (bicyclic) bond motifs is 1. The van der Waals surface area contributed by atoms with Gasteiger partial charge in [0.05, 0.1) is 28.9 Å². The van der Waals surface area contributed by atoms with E-state index in [0.29, 0.717) is 11.5 Å². The van der Waals surface area contributed by atoms with Crippen LogP contribution in [0.4, 0.5) is 26.4 Å². The quantitative estimate of drug-likeness (QED) is 0.385. The van der Waals surface area contributed by atoms with E-state index < -0.39 is 11.8 Å². The lowest BCUT2D eigenvalue weighted by Gasteiger charge is -2.22. The zero-order valence-electron chi connectivity index (χ0n) is 17.1. The SMILES string of the molecule is CCON(C(=O)Nc1cc(C)ccc1F)c1ccc(-c2cccc3[nH]nc(N)c23)cc1. The van der Waals surface area contributed by atoms with Crippen molar-refractivity contribution in [3.05, 3.63) is 72.0 Å². The number of hydrogen-bond donors (Lipinski definition) is 3. The highest BCUT2D eigenvalue weighted by atomic mass is 19.1. The number of aryl methyl sites for hydroxylation is 1. The summed E-state index contributed by atoms with van der Waals surface area (Å²) in [6, 6.07) is 16.9. The monoisotopic (exact) mass is 419 g/mol. The van der Waals surface area contributed by atoms with Gasteiger partial charge in [0.1, 0.15) is 5.82 Å². The van der Waals surface area contributed by atoms with Gasteiger partial charge in [-0.3, -0.25) is 9.94 Å². The Hall–Kier alpha value is -3.91. The minimum absolute atomic E-state index is 0.0911. The molecule has 1 heterocycles. The molecule has 0 fully saturated rings. The van der Waals surface area contributed by atoms with E-state index in [-0.39, 0.29) is 12.3 Å². The standard InChI is InChI=1S/C23H22FN5O2/c1-3-31-29(23(30)26-20-13-14(2)7-12-18(20)24)16-10-8-15(9-11-16)17-5-4-6-19-21(17)22(25)28-27-19/h4-13H,3H2,1-2H3,(H,26,30)(H3,25,27,28). The van der Waals surface area contributed by atoms with Gasteiger partial charge in [0.25, 0.3) is 0 Å². The highest BCUT2D eigenvalue weighted by Crippen LogP contribution is 2.32. The van der Waals surface area contributed by atoms with Crippen molar-refractivity contribution in [3.8, 4) is 11.1 Å². The Morgan fingerprint density at radius 3 is 2.71 bits per heavy atom. The number of urea groups is 1. The van der Waals surface area contributed by atoms with Crippen LogP contribution >= 0.6 is 0 Å². The molecule has 0 aliphatic heterocycles. The highest BCUT2D eigenvalue weighted by molar-refractivity contribution is 6.02. The van der Waals surface area contributed by atoms with E-state index in [0.717, 1.165) is 32.7 Å². The number of halogens is 1. The van der Waals surface area contributed by atoms with Gasteiger partial charge in [-0.05, 0) is 60.9 Å². The summed E-state index contributed by atoms with van der Waals surface area (Å²) in [5.74, 6) is -0.0956. The predicted octanol–water partition coefficient (Wildman–Crippen LogP) is 5.25. The number of nitrogens with two attached hydrogens (primary N) is 1. The Morgan fingerprint density at radius 2 is 1.97 bits per heavy atom. The summed E-state index contributed by atoms with van der Waals surface area (Å²) in [5.41, 5.74) is 10.1. The summed E-state index contributed by atoms with van der Waals surface area (Å²) in [6.07, 6.45) is 0. The topological polar surface area (TPSA) is 96.3 Å². The molecule has 31 heavy (non-hydrogen) atoms. The molecule has 0 saturated carbocycles. The molecule has 1 aromatic heterocycles. The Bertz CT molecular complexity index is 1240. The van der Waals surface area contributed by atoms with Gasteiger partial charge in [-0.15, -0.1) is 0 Å². The molecule has 0 aliphatic carbocycles. The first-order valence-electron chi connectivity index (χ1n) is 9.81. The molecule has 0 bridgehead atoms. The van der Waals surface area contributed by atoms with Crippen LogP contribution < -0.4 is 16.1 Å². The fraction of sp³-hybridized carbons (Fsp3) is 0.130. The van der Waals surface area contributed by atoms with Crippen molar-refractivity contribution in [2.75, 3.05) is 22.7 Å². The van der Waals surface area contributed by atoms with E-state index in [1.165, 1.54) is 6.07 Å². The number of hydroxylamine groups is 1. The second kappa shape index (κ2) is 8.45. The van der Waals surface area contributed by atoms with E-state index in [1.54, 1.807) is 31.2 Å². The Balaban J connectivity index is 1.62. The summed E-state index contributed by atoms with van der Waals surface area (Å²) >= 11 is 0. The van der Waals surface area contributed by atoms with E-state index in [2.05, 4.69) is 15.5 Å². The van der Waals surface area contributed by atoms with Crippen LogP contribution in [-0.2, 0) is 4.84 Å². The second-order valence-electron chi connectivity index (χ2n) is 7.01. The summed E-state index contributed by atoms with van der Waals surface area (Å²) < 4.78 is 14.1. The molecule has 0 aliphatic rings. The molecule has 4 rings (SSSR count). The lowest BCUT2D eigenvalue weighted by atomic mass is 10.0. The number of carbonyl (C=O) groups excluding carboxylic acids is 1. The Morgan fingerprint density at radius 1 is 1.19 bits per heavy atom. The largest absolute Gasteiger partial charge is 0.382 e. The van der Waals surface area contributed by atoms with Crippen LogP contribution in [0.3, 0.4) is 0 Å². The normalized spacial score (nSPS) is 10.9. The van der Waals surface area contributed by atoms with Crippen LogP contribution in [0.5, 0.6) is 0 Å². The van der Waals surface area contributed by atoms with Gasteiger partial charge in [0.15, 0.2) is 5.82 Å². The maximum absolute atomic E-state index is 14.1. The number of rotatable bonds is 5. The predicted molar refractivity (Wildman–Crippen MR) is 120 cm³/mol. The van der Waals surface area contributed by atoms with Gasteiger partial charge < -0.3 is 11.1 Å². The Kier molecular flexibility index (Phi) is 5.55. The van der Waals surface area contributed by atoms with Crippen LogP contribution in [0.2, 0.25) is 0 Å². The molecular weight excluding hydrogens is 397 g/mol.